The van der Waals surface area contributed by atoms with E-state index in [0.717, 1.165) is 12.8 Å². The number of rotatable bonds is 3. The van der Waals surface area contributed by atoms with Crippen molar-refractivity contribution < 1.29 is 9.90 Å². The largest absolute Gasteiger partial charge is 0.480 e. The van der Waals surface area contributed by atoms with E-state index in [1.54, 1.807) is 0 Å². The topological polar surface area (TPSA) is 49.3 Å². The summed E-state index contributed by atoms with van der Waals surface area (Å²) in [5, 5.41) is 12.3. The third-order valence-corrected chi connectivity index (χ3v) is 3.18. The second-order valence-electron chi connectivity index (χ2n) is 5.14. The molecule has 0 aromatic rings. The number of terminal acetylenes is 1. The number of carbonyl (C=O) groups is 1. The van der Waals surface area contributed by atoms with Crippen LogP contribution in [0.5, 0.6) is 0 Å². The van der Waals surface area contributed by atoms with Crippen LogP contribution in [0.25, 0.3) is 0 Å². The van der Waals surface area contributed by atoms with E-state index in [1.807, 2.05) is 0 Å². The SMILES string of the molecule is C#CCNC1(C(=O)O)CCCC(C)(C)C1. The third kappa shape index (κ3) is 2.73. The van der Waals surface area contributed by atoms with Crippen molar-refractivity contribution in [3.05, 3.63) is 0 Å². The Hall–Kier alpha value is -1.01. The van der Waals surface area contributed by atoms with Crippen molar-refractivity contribution in [3.63, 3.8) is 0 Å². The number of hydrogen-bond acceptors (Lipinski definition) is 2. The molecule has 0 aromatic heterocycles. The number of aliphatic carboxylic acids is 1. The highest BCUT2D eigenvalue weighted by atomic mass is 16.4. The minimum Gasteiger partial charge on any atom is -0.480 e. The van der Waals surface area contributed by atoms with Crippen LogP contribution in [0.4, 0.5) is 0 Å². The summed E-state index contributed by atoms with van der Waals surface area (Å²) < 4.78 is 0. The monoisotopic (exact) mass is 209 g/mol. The van der Waals surface area contributed by atoms with Gasteiger partial charge in [-0.25, -0.2) is 0 Å². The highest BCUT2D eigenvalue weighted by molar-refractivity contribution is 5.79. The zero-order valence-electron chi connectivity index (χ0n) is 9.47. The number of nitrogens with one attached hydrogen (secondary N) is 1. The van der Waals surface area contributed by atoms with Crippen LogP contribution in [0.2, 0.25) is 0 Å². The van der Waals surface area contributed by atoms with Gasteiger partial charge < -0.3 is 5.11 Å². The van der Waals surface area contributed by atoms with Crippen LogP contribution in [0.3, 0.4) is 0 Å². The van der Waals surface area contributed by atoms with Crippen molar-refractivity contribution in [1.82, 2.24) is 5.32 Å². The Balaban J connectivity index is 2.82. The first kappa shape index (κ1) is 12.1. The molecular formula is C12H19NO2. The van der Waals surface area contributed by atoms with Crippen molar-refractivity contribution in [2.45, 2.75) is 45.1 Å². The Labute approximate surface area is 91.3 Å². The van der Waals surface area contributed by atoms with E-state index in [9.17, 15) is 9.90 Å². The molecular weight excluding hydrogens is 190 g/mol. The lowest BCUT2D eigenvalue weighted by Crippen LogP contribution is -2.56. The Morgan fingerprint density at radius 3 is 2.67 bits per heavy atom. The maximum absolute atomic E-state index is 11.3. The fraction of sp³-hybridized carbons (Fsp3) is 0.750. The van der Waals surface area contributed by atoms with Gasteiger partial charge in [0.2, 0.25) is 0 Å². The quantitative estimate of drug-likeness (QED) is 0.695. The summed E-state index contributed by atoms with van der Waals surface area (Å²) in [6.45, 7) is 4.55. The molecule has 0 bridgehead atoms. The molecule has 2 N–H and O–H groups in total. The van der Waals surface area contributed by atoms with Crippen molar-refractivity contribution in [1.29, 1.82) is 0 Å². The minimum absolute atomic E-state index is 0.0816. The van der Waals surface area contributed by atoms with E-state index >= 15 is 0 Å². The lowest BCUT2D eigenvalue weighted by Gasteiger charge is -2.42. The summed E-state index contributed by atoms with van der Waals surface area (Å²) in [4.78, 5) is 11.3. The van der Waals surface area contributed by atoms with Gasteiger partial charge in [0.1, 0.15) is 5.54 Å². The lowest BCUT2D eigenvalue weighted by molar-refractivity contribution is -0.148. The molecule has 1 fully saturated rings. The van der Waals surface area contributed by atoms with Crippen molar-refractivity contribution in [3.8, 4) is 12.3 Å². The fourth-order valence-electron chi connectivity index (χ4n) is 2.49. The van der Waals surface area contributed by atoms with Gasteiger partial charge >= 0.3 is 5.97 Å². The van der Waals surface area contributed by atoms with Crippen LogP contribution in [0.1, 0.15) is 39.5 Å². The molecule has 3 heteroatoms. The molecule has 0 saturated heterocycles. The summed E-state index contributed by atoms with van der Waals surface area (Å²) in [7, 11) is 0. The number of carboxylic acids is 1. The fourth-order valence-corrected chi connectivity index (χ4v) is 2.49. The van der Waals surface area contributed by atoms with E-state index in [2.05, 4.69) is 25.1 Å². The Kier molecular flexibility index (Phi) is 3.41. The molecule has 1 unspecified atom stereocenters. The van der Waals surface area contributed by atoms with E-state index in [1.165, 1.54) is 0 Å². The van der Waals surface area contributed by atoms with Crippen LogP contribution in [0, 0.1) is 17.8 Å². The Bertz CT molecular complexity index is 290. The van der Waals surface area contributed by atoms with Crippen LogP contribution >= 0.6 is 0 Å². The van der Waals surface area contributed by atoms with Crippen LogP contribution < -0.4 is 5.32 Å². The molecule has 1 aliphatic carbocycles. The predicted molar refractivity (Wildman–Crippen MR) is 59.5 cm³/mol. The van der Waals surface area contributed by atoms with Gasteiger partial charge in [-0.1, -0.05) is 26.2 Å². The maximum Gasteiger partial charge on any atom is 0.323 e. The molecule has 84 valence electrons. The van der Waals surface area contributed by atoms with Gasteiger partial charge in [0.15, 0.2) is 0 Å². The molecule has 15 heavy (non-hydrogen) atoms. The van der Waals surface area contributed by atoms with Crippen molar-refractivity contribution in [2.75, 3.05) is 6.54 Å². The summed E-state index contributed by atoms with van der Waals surface area (Å²) >= 11 is 0. The molecule has 0 aliphatic heterocycles. The van der Waals surface area contributed by atoms with E-state index < -0.39 is 11.5 Å². The first-order valence-electron chi connectivity index (χ1n) is 5.34. The summed E-state index contributed by atoms with van der Waals surface area (Å²) in [6, 6.07) is 0. The standard InChI is InChI=1S/C12H19NO2/c1-4-8-13-12(10(14)15)7-5-6-11(2,3)9-12/h1,13H,5-9H2,2-3H3,(H,14,15). The smallest absolute Gasteiger partial charge is 0.323 e. The van der Waals surface area contributed by atoms with Gasteiger partial charge in [0.25, 0.3) is 0 Å². The zero-order valence-corrected chi connectivity index (χ0v) is 9.47. The van der Waals surface area contributed by atoms with Crippen molar-refractivity contribution >= 4 is 5.97 Å². The van der Waals surface area contributed by atoms with Crippen LogP contribution in [0.15, 0.2) is 0 Å². The molecule has 1 atom stereocenters. The summed E-state index contributed by atoms with van der Waals surface area (Å²) in [5.41, 5.74) is -0.730. The first-order chi connectivity index (χ1) is 6.92. The van der Waals surface area contributed by atoms with Gasteiger partial charge in [0, 0.05) is 0 Å². The van der Waals surface area contributed by atoms with Gasteiger partial charge in [-0.3, -0.25) is 10.1 Å². The highest BCUT2D eigenvalue weighted by Crippen LogP contribution is 2.41. The normalized spacial score (nSPS) is 29.4. The molecule has 1 rings (SSSR count). The molecule has 0 amide bonds. The van der Waals surface area contributed by atoms with E-state index in [-0.39, 0.29) is 5.41 Å². The third-order valence-electron chi connectivity index (χ3n) is 3.18. The second-order valence-corrected chi connectivity index (χ2v) is 5.14. The zero-order chi connectivity index (χ0) is 11.5. The van der Waals surface area contributed by atoms with Gasteiger partial charge in [0.05, 0.1) is 6.54 Å². The summed E-state index contributed by atoms with van der Waals surface area (Å²) in [5.74, 6) is 1.67. The van der Waals surface area contributed by atoms with Gasteiger partial charge in [-0.05, 0) is 24.7 Å². The molecule has 0 heterocycles. The molecule has 0 radical (unpaired) electrons. The molecule has 1 saturated carbocycles. The first-order valence-corrected chi connectivity index (χ1v) is 5.34. The number of carboxylic acid groups (broad SMARTS) is 1. The second kappa shape index (κ2) is 4.24. The Morgan fingerprint density at radius 2 is 2.20 bits per heavy atom. The van der Waals surface area contributed by atoms with Gasteiger partial charge in [-0.2, -0.15) is 0 Å². The Morgan fingerprint density at radius 1 is 1.53 bits per heavy atom. The molecule has 3 nitrogen and oxygen atoms in total. The van der Waals surface area contributed by atoms with Crippen LogP contribution in [-0.4, -0.2) is 23.2 Å². The molecule has 0 spiro atoms. The minimum atomic E-state index is -0.811. The van der Waals surface area contributed by atoms with E-state index in [0.29, 0.717) is 19.4 Å². The average molecular weight is 209 g/mol. The van der Waals surface area contributed by atoms with Gasteiger partial charge in [-0.15, -0.1) is 6.42 Å². The van der Waals surface area contributed by atoms with Crippen molar-refractivity contribution in [2.24, 2.45) is 5.41 Å². The molecule has 1 aliphatic rings. The number of hydrogen-bond donors (Lipinski definition) is 2. The lowest BCUT2D eigenvalue weighted by atomic mass is 9.68. The maximum atomic E-state index is 11.3. The summed E-state index contributed by atoms with van der Waals surface area (Å²) in [6.07, 6.45) is 8.52. The predicted octanol–water partition coefficient (Wildman–Crippen LogP) is 1.63. The highest BCUT2D eigenvalue weighted by Gasteiger charge is 2.45. The molecule has 0 aromatic carbocycles. The van der Waals surface area contributed by atoms with Crippen LogP contribution in [-0.2, 0) is 4.79 Å². The average Bonchev–Trinajstić information content (AvgIpc) is 2.13. The van der Waals surface area contributed by atoms with E-state index in [4.69, 9.17) is 6.42 Å².